The Morgan fingerprint density at radius 2 is 2.22 bits per heavy atom. The molecule has 0 aliphatic rings. The number of rotatable bonds is 5. The van der Waals surface area contributed by atoms with Gasteiger partial charge in [-0.15, -0.1) is 0 Å². The summed E-state index contributed by atoms with van der Waals surface area (Å²) in [6, 6.07) is 9.97. The summed E-state index contributed by atoms with van der Waals surface area (Å²) >= 11 is 3.47. The Morgan fingerprint density at radius 3 is 2.83 bits per heavy atom. The van der Waals surface area contributed by atoms with E-state index in [-0.39, 0.29) is 6.04 Å². The predicted molar refractivity (Wildman–Crippen MR) is 76.1 cm³/mol. The van der Waals surface area contributed by atoms with Crippen molar-refractivity contribution in [2.45, 2.75) is 19.4 Å². The van der Waals surface area contributed by atoms with Gasteiger partial charge in [0.25, 0.3) is 0 Å². The second-order valence-corrected chi connectivity index (χ2v) is 4.92. The maximum atomic E-state index is 5.44. The summed E-state index contributed by atoms with van der Waals surface area (Å²) in [6.45, 7) is 2.12. The summed E-state index contributed by atoms with van der Waals surface area (Å²) in [5.74, 6) is 1.76. The summed E-state index contributed by atoms with van der Waals surface area (Å²) in [6.07, 6.45) is 2.64. The van der Waals surface area contributed by atoms with Gasteiger partial charge in [-0.2, -0.15) is 0 Å². The van der Waals surface area contributed by atoms with Gasteiger partial charge in [-0.3, -0.25) is 0 Å². The highest BCUT2D eigenvalue weighted by atomic mass is 79.9. The van der Waals surface area contributed by atoms with Gasteiger partial charge in [-0.05, 0) is 30.7 Å². The van der Waals surface area contributed by atoms with Gasteiger partial charge < -0.3 is 14.5 Å². The van der Waals surface area contributed by atoms with Crippen LogP contribution in [0.4, 0.5) is 5.69 Å². The molecule has 1 atom stereocenters. The molecule has 1 heterocycles. The van der Waals surface area contributed by atoms with Crippen LogP contribution in [0.25, 0.3) is 0 Å². The van der Waals surface area contributed by atoms with E-state index in [1.165, 1.54) is 0 Å². The normalized spacial score (nSPS) is 12.2. The van der Waals surface area contributed by atoms with E-state index >= 15 is 0 Å². The second kappa shape index (κ2) is 5.96. The van der Waals surface area contributed by atoms with Gasteiger partial charge >= 0.3 is 0 Å². The maximum Gasteiger partial charge on any atom is 0.125 e. The molecular formula is C14H16BrNO2. The van der Waals surface area contributed by atoms with E-state index in [9.17, 15) is 0 Å². The fourth-order valence-electron chi connectivity index (χ4n) is 1.83. The lowest BCUT2D eigenvalue weighted by atomic mass is 10.1. The molecule has 3 nitrogen and oxygen atoms in total. The van der Waals surface area contributed by atoms with Crippen molar-refractivity contribution in [2.24, 2.45) is 0 Å². The van der Waals surface area contributed by atoms with Gasteiger partial charge in [0.1, 0.15) is 11.5 Å². The van der Waals surface area contributed by atoms with Gasteiger partial charge in [0.2, 0.25) is 0 Å². The van der Waals surface area contributed by atoms with E-state index in [0.29, 0.717) is 0 Å². The molecule has 18 heavy (non-hydrogen) atoms. The van der Waals surface area contributed by atoms with E-state index in [1.54, 1.807) is 13.4 Å². The molecule has 4 heteroatoms. The molecule has 1 unspecified atom stereocenters. The van der Waals surface area contributed by atoms with Crippen LogP contribution in [0.5, 0.6) is 5.75 Å². The highest BCUT2D eigenvalue weighted by Crippen LogP contribution is 2.28. The first-order valence-electron chi connectivity index (χ1n) is 5.87. The molecular weight excluding hydrogens is 294 g/mol. The summed E-state index contributed by atoms with van der Waals surface area (Å²) in [4.78, 5) is 0. The van der Waals surface area contributed by atoms with Gasteiger partial charge in [0.05, 0.1) is 19.4 Å². The molecule has 0 spiro atoms. The Labute approximate surface area is 115 Å². The van der Waals surface area contributed by atoms with E-state index < -0.39 is 0 Å². The van der Waals surface area contributed by atoms with Crippen LogP contribution in [0.2, 0.25) is 0 Å². The molecule has 0 amide bonds. The zero-order valence-corrected chi connectivity index (χ0v) is 12.0. The molecule has 0 radical (unpaired) electrons. The Hall–Kier alpha value is -1.42. The van der Waals surface area contributed by atoms with Gasteiger partial charge in [0, 0.05) is 16.2 Å². The van der Waals surface area contributed by atoms with Gasteiger partial charge in [-0.1, -0.05) is 22.9 Å². The Balaban J connectivity index is 2.19. The van der Waals surface area contributed by atoms with Crippen LogP contribution >= 0.6 is 15.9 Å². The summed E-state index contributed by atoms with van der Waals surface area (Å²) in [7, 11) is 1.66. The topological polar surface area (TPSA) is 34.4 Å². The SMILES string of the molecule is CCC(Nc1cc(Br)cc(OC)c1)c1ccco1. The quantitative estimate of drug-likeness (QED) is 0.875. The molecule has 96 valence electrons. The van der Waals surface area contributed by atoms with Gasteiger partial charge in [-0.25, -0.2) is 0 Å². The standard InChI is InChI=1S/C14H16BrNO2/c1-3-13(14-5-4-6-18-14)16-11-7-10(15)8-12(9-11)17-2/h4-9,13,16H,3H2,1-2H3. The third-order valence-corrected chi connectivity index (χ3v) is 3.20. The van der Waals surface area contributed by atoms with Crippen LogP contribution < -0.4 is 10.1 Å². The number of hydrogen-bond acceptors (Lipinski definition) is 3. The number of nitrogens with one attached hydrogen (secondary N) is 1. The monoisotopic (exact) mass is 309 g/mol. The largest absolute Gasteiger partial charge is 0.497 e. The Kier molecular flexibility index (Phi) is 4.31. The van der Waals surface area contributed by atoms with Crippen LogP contribution in [0.3, 0.4) is 0 Å². The third-order valence-electron chi connectivity index (χ3n) is 2.74. The minimum Gasteiger partial charge on any atom is -0.497 e. The van der Waals surface area contributed by atoms with Crippen molar-refractivity contribution < 1.29 is 9.15 Å². The molecule has 0 saturated carbocycles. The van der Waals surface area contributed by atoms with Crippen molar-refractivity contribution >= 4 is 21.6 Å². The summed E-state index contributed by atoms with van der Waals surface area (Å²) < 4.78 is 11.7. The summed E-state index contributed by atoms with van der Waals surface area (Å²) in [5.41, 5.74) is 1.00. The number of methoxy groups -OCH3 is 1. The third kappa shape index (κ3) is 3.07. The fraction of sp³-hybridized carbons (Fsp3) is 0.286. The smallest absolute Gasteiger partial charge is 0.125 e. The lowest BCUT2D eigenvalue weighted by Crippen LogP contribution is -2.08. The highest BCUT2D eigenvalue weighted by molar-refractivity contribution is 9.10. The molecule has 0 aliphatic carbocycles. The number of benzene rings is 1. The number of hydrogen-bond donors (Lipinski definition) is 1. The molecule has 1 aromatic carbocycles. The predicted octanol–water partition coefficient (Wildman–Crippen LogP) is 4.61. The van der Waals surface area contributed by atoms with Crippen molar-refractivity contribution in [3.63, 3.8) is 0 Å². The Bertz CT molecular complexity index is 497. The van der Waals surface area contributed by atoms with Crippen LogP contribution in [0.1, 0.15) is 25.1 Å². The molecule has 2 aromatic rings. The zero-order chi connectivity index (χ0) is 13.0. The van der Waals surface area contributed by atoms with Crippen molar-refractivity contribution in [2.75, 3.05) is 12.4 Å². The average molecular weight is 310 g/mol. The first kappa shape index (κ1) is 13.0. The first-order valence-corrected chi connectivity index (χ1v) is 6.66. The number of ether oxygens (including phenoxy) is 1. The lowest BCUT2D eigenvalue weighted by molar-refractivity contribution is 0.414. The van der Waals surface area contributed by atoms with E-state index in [2.05, 4.69) is 28.2 Å². The average Bonchev–Trinajstić information content (AvgIpc) is 2.89. The molecule has 0 fully saturated rings. The molecule has 1 aromatic heterocycles. The van der Waals surface area contributed by atoms with Crippen LogP contribution in [-0.2, 0) is 0 Å². The molecule has 2 rings (SSSR count). The fourth-order valence-corrected chi connectivity index (χ4v) is 2.30. The highest BCUT2D eigenvalue weighted by Gasteiger charge is 2.12. The van der Waals surface area contributed by atoms with Crippen molar-refractivity contribution in [1.29, 1.82) is 0 Å². The van der Waals surface area contributed by atoms with Crippen molar-refractivity contribution in [3.8, 4) is 5.75 Å². The van der Waals surface area contributed by atoms with Gasteiger partial charge in [0.15, 0.2) is 0 Å². The van der Waals surface area contributed by atoms with E-state index in [1.807, 2.05) is 30.3 Å². The van der Waals surface area contributed by atoms with Crippen molar-refractivity contribution in [1.82, 2.24) is 0 Å². The van der Waals surface area contributed by atoms with E-state index in [0.717, 1.165) is 28.1 Å². The molecule has 0 bridgehead atoms. The van der Waals surface area contributed by atoms with E-state index in [4.69, 9.17) is 9.15 Å². The Morgan fingerprint density at radius 1 is 1.39 bits per heavy atom. The lowest BCUT2D eigenvalue weighted by Gasteiger charge is -2.17. The number of furan rings is 1. The van der Waals surface area contributed by atoms with Crippen molar-refractivity contribution in [3.05, 3.63) is 46.8 Å². The first-order chi connectivity index (χ1) is 8.72. The molecule has 1 N–H and O–H groups in total. The number of anilines is 1. The minimum absolute atomic E-state index is 0.166. The second-order valence-electron chi connectivity index (χ2n) is 4.00. The molecule has 0 saturated heterocycles. The zero-order valence-electron chi connectivity index (χ0n) is 10.4. The summed E-state index contributed by atoms with van der Waals surface area (Å²) in [5, 5.41) is 3.44. The minimum atomic E-state index is 0.166. The number of halogens is 1. The van der Waals surface area contributed by atoms with Crippen LogP contribution in [0.15, 0.2) is 45.5 Å². The van der Waals surface area contributed by atoms with Crippen LogP contribution in [0, 0.1) is 0 Å². The molecule has 0 aliphatic heterocycles. The van der Waals surface area contributed by atoms with Crippen LogP contribution in [-0.4, -0.2) is 7.11 Å². The maximum absolute atomic E-state index is 5.44.